The maximum Gasteiger partial charge on any atom is 0.374 e. The van der Waals surface area contributed by atoms with Gasteiger partial charge in [-0.15, -0.1) is 0 Å². The summed E-state index contributed by atoms with van der Waals surface area (Å²) in [7, 11) is -2.48. The highest BCUT2D eigenvalue weighted by molar-refractivity contribution is 8.05. The van der Waals surface area contributed by atoms with Gasteiger partial charge in [0.05, 0.1) is 5.82 Å². The normalized spacial score (nSPS) is 12.1. The Labute approximate surface area is 168 Å². The summed E-state index contributed by atoms with van der Waals surface area (Å²) in [6, 6.07) is 30.4. The first-order chi connectivity index (χ1) is 13.4. The Morgan fingerprint density at radius 1 is 0.750 bits per heavy atom. The zero-order valence-electron chi connectivity index (χ0n) is 16.7. The van der Waals surface area contributed by atoms with Gasteiger partial charge in [0, 0.05) is 5.54 Å². The van der Waals surface area contributed by atoms with Crippen molar-refractivity contribution in [2.45, 2.75) is 26.3 Å². The van der Waals surface area contributed by atoms with E-state index < -0.39 is 7.26 Å². The molecule has 0 atom stereocenters. The van der Waals surface area contributed by atoms with Crippen LogP contribution in [0.25, 0.3) is 6.08 Å². The van der Waals surface area contributed by atoms with Crippen LogP contribution >= 0.6 is 7.26 Å². The Balaban J connectivity index is 2.22. The molecule has 0 radical (unpaired) electrons. The number of carbonyl (C=O) groups excluding carboxylic acids is 1. The van der Waals surface area contributed by atoms with Crippen molar-refractivity contribution in [3.8, 4) is 0 Å². The second kappa shape index (κ2) is 8.54. The number of hydrogen-bond donors (Lipinski definition) is 1. The number of nitrogens with one attached hydrogen (secondary N) is 1. The van der Waals surface area contributed by atoms with Gasteiger partial charge in [0.25, 0.3) is 0 Å². The lowest BCUT2D eigenvalue weighted by Crippen LogP contribution is -2.44. The van der Waals surface area contributed by atoms with E-state index in [1.54, 1.807) is 0 Å². The maximum atomic E-state index is 13.8. The summed E-state index contributed by atoms with van der Waals surface area (Å²) in [5.74, 6) is 2.13. The van der Waals surface area contributed by atoms with Crippen LogP contribution in [-0.4, -0.2) is 11.2 Å². The number of carbonyl (C=O) groups is 1. The molecule has 0 unspecified atom stereocenters. The maximum absolute atomic E-state index is 13.8. The first-order valence-corrected chi connectivity index (χ1v) is 11.3. The number of amides is 1. The van der Waals surface area contributed by atoms with E-state index in [1.165, 1.54) is 0 Å². The summed E-state index contributed by atoms with van der Waals surface area (Å²) in [6.45, 7) is 6.07. The Bertz CT molecular complexity index is 889. The molecule has 3 aromatic rings. The molecule has 142 valence electrons. The molecule has 2 nitrogen and oxygen atoms in total. The highest BCUT2D eigenvalue weighted by Gasteiger charge is 2.50. The lowest BCUT2D eigenvalue weighted by atomic mass is 10.1. The minimum atomic E-state index is -2.48. The van der Waals surface area contributed by atoms with Gasteiger partial charge >= 0.3 is 5.65 Å². The summed E-state index contributed by atoms with van der Waals surface area (Å²) in [4.78, 5) is 13.8. The minimum Gasteiger partial charge on any atom is -0.318 e. The minimum absolute atomic E-state index is 0.0737. The van der Waals surface area contributed by atoms with E-state index in [1.807, 2.05) is 75.4 Å². The van der Waals surface area contributed by atoms with Gasteiger partial charge in [-0.1, -0.05) is 66.7 Å². The van der Waals surface area contributed by atoms with Gasteiger partial charge in [0.2, 0.25) is 0 Å². The number of benzene rings is 3. The van der Waals surface area contributed by atoms with Crippen LogP contribution in [0.3, 0.4) is 0 Å². The largest absolute Gasteiger partial charge is 0.374 e. The zero-order valence-corrected chi connectivity index (χ0v) is 17.6. The fourth-order valence-corrected chi connectivity index (χ4v) is 6.56. The smallest absolute Gasteiger partial charge is 0.318 e. The summed E-state index contributed by atoms with van der Waals surface area (Å²) < 4.78 is 0. The highest BCUT2D eigenvalue weighted by atomic mass is 31.2. The molecule has 0 saturated carbocycles. The molecule has 0 bridgehead atoms. The fourth-order valence-electron chi connectivity index (χ4n) is 3.12. The molecule has 0 heterocycles. The average Bonchev–Trinajstić information content (AvgIpc) is 2.70. The molecule has 3 heteroatoms. The highest BCUT2D eigenvalue weighted by Crippen LogP contribution is 2.59. The molecule has 1 amide bonds. The van der Waals surface area contributed by atoms with E-state index in [4.69, 9.17) is 0 Å². The van der Waals surface area contributed by atoms with Gasteiger partial charge in [0.15, 0.2) is 7.26 Å². The van der Waals surface area contributed by atoms with Crippen LogP contribution in [-0.2, 0) is 0 Å². The van der Waals surface area contributed by atoms with E-state index in [2.05, 4.69) is 53.6 Å². The quantitative estimate of drug-likeness (QED) is 0.547. The van der Waals surface area contributed by atoms with Crippen LogP contribution in [0.5, 0.6) is 0 Å². The molecule has 3 aromatic carbocycles. The first-order valence-electron chi connectivity index (χ1n) is 9.49. The second-order valence-electron chi connectivity index (χ2n) is 7.80. The monoisotopic (exact) mass is 388 g/mol. The van der Waals surface area contributed by atoms with Crippen LogP contribution in [0.2, 0.25) is 0 Å². The molecule has 3 rings (SSSR count). The first kappa shape index (κ1) is 20.0. The molecule has 0 spiro atoms. The third-order valence-electron chi connectivity index (χ3n) is 4.42. The molecule has 0 aliphatic heterocycles. The third kappa shape index (κ3) is 4.58. The Kier molecular flexibility index (Phi) is 6.11. The van der Waals surface area contributed by atoms with Crippen LogP contribution in [0.15, 0.2) is 96.8 Å². The lowest BCUT2D eigenvalue weighted by Gasteiger charge is -2.27. The molecule has 0 aliphatic carbocycles. The summed E-state index contributed by atoms with van der Waals surface area (Å²) in [6.07, 6.45) is 2.08. The van der Waals surface area contributed by atoms with Gasteiger partial charge in [-0.25, -0.2) is 4.79 Å². The topological polar surface area (TPSA) is 29.1 Å². The number of rotatable bonds is 5. The molecule has 1 N–H and O–H groups in total. The van der Waals surface area contributed by atoms with Gasteiger partial charge in [0.1, 0.15) is 10.6 Å². The van der Waals surface area contributed by atoms with Crippen molar-refractivity contribution in [3.63, 3.8) is 0 Å². The molecule has 0 saturated heterocycles. The van der Waals surface area contributed by atoms with E-state index >= 15 is 0 Å². The van der Waals surface area contributed by atoms with Gasteiger partial charge < -0.3 is 5.32 Å². The van der Waals surface area contributed by atoms with Gasteiger partial charge in [-0.3, -0.25) is 0 Å². The Morgan fingerprint density at radius 2 is 1.18 bits per heavy atom. The summed E-state index contributed by atoms with van der Waals surface area (Å²) in [5, 5.41) is 5.35. The van der Waals surface area contributed by atoms with Crippen molar-refractivity contribution in [3.05, 3.63) is 102 Å². The van der Waals surface area contributed by atoms with E-state index in [9.17, 15) is 4.79 Å². The molecular formula is C25H27NOP+. The standard InChI is InChI=1S/C25H26NOP/c1-25(2,3)26-24(27)28(22-15-9-5-10-16-22,23-17-11-6-12-18-23)20-19-21-13-7-4-8-14-21/h4-20H,1-3H3/p+1/b20-19+. The van der Waals surface area contributed by atoms with Crippen LogP contribution < -0.4 is 15.9 Å². The van der Waals surface area contributed by atoms with Crippen LogP contribution in [0.4, 0.5) is 4.79 Å². The third-order valence-corrected chi connectivity index (χ3v) is 7.99. The van der Waals surface area contributed by atoms with Gasteiger partial charge in [-0.05, 0) is 56.7 Å². The Hall–Kier alpha value is -2.70. The number of hydrogen-bond acceptors (Lipinski definition) is 1. The van der Waals surface area contributed by atoms with E-state index in [-0.39, 0.29) is 11.2 Å². The fraction of sp³-hybridized carbons (Fsp3) is 0.160. The predicted molar refractivity (Wildman–Crippen MR) is 123 cm³/mol. The van der Waals surface area contributed by atoms with Crippen molar-refractivity contribution >= 4 is 29.6 Å². The molecule has 0 aromatic heterocycles. The van der Waals surface area contributed by atoms with Crippen LogP contribution in [0.1, 0.15) is 26.3 Å². The van der Waals surface area contributed by atoms with Crippen molar-refractivity contribution in [2.75, 3.05) is 0 Å². The zero-order chi connectivity index (χ0) is 20.0. The molecule has 28 heavy (non-hydrogen) atoms. The van der Waals surface area contributed by atoms with Crippen LogP contribution in [0, 0.1) is 0 Å². The Morgan fingerprint density at radius 3 is 1.61 bits per heavy atom. The SMILES string of the molecule is CC(C)(C)NC(=O)[P+](/C=C/c1ccccc1)(c1ccccc1)c1ccccc1. The summed E-state index contributed by atoms with van der Waals surface area (Å²) >= 11 is 0. The summed E-state index contributed by atoms with van der Waals surface area (Å²) in [5.41, 5.74) is 0.846. The van der Waals surface area contributed by atoms with E-state index in [0.717, 1.165) is 16.2 Å². The molecule has 0 fully saturated rings. The van der Waals surface area contributed by atoms with Gasteiger partial charge in [-0.2, -0.15) is 0 Å². The lowest BCUT2D eigenvalue weighted by molar-refractivity contribution is 0.252. The van der Waals surface area contributed by atoms with Crippen molar-refractivity contribution in [2.24, 2.45) is 0 Å². The van der Waals surface area contributed by atoms with Crippen molar-refractivity contribution in [1.29, 1.82) is 0 Å². The molecule has 0 aliphatic rings. The van der Waals surface area contributed by atoms with E-state index in [0.29, 0.717) is 0 Å². The van der Waals surface area contributed by atoms with Crippen molar-refractivity contribution in [1.82, 2.24) is 5.32 Å². The van der Waals surface area contributed by atoms with Crippen molar-refractivity contribution < 1.29 is 4.79 Å². The second-order valence-corrected chi connectivity index (χ2v) is 11.0. The average molecular weight is 388 g/mol. The molecular weight excluding hydrogens is 361 g/mol. The predicted octanol–water partition coefficient (Wildman–Crippen LogP) is 5.83.